The maximum atomic E-state index is 8.69. The number of hydrogen-bond acceptors (Lipinski definition) is 4. The van der Waals surface area contributed by atoms with Gasteiger partial charge in [-0.15, -0.1) is 0 Å². The fourth-order valence-electron chi connectivity index (χ4n) is 0.884. The standard InChI is InChI=1S/C7H7N5/c1-10-7-5(4-9)6(2-3-8)11-12-7/h2H2,1H3,(H2,10,11,12). The van der Waals surface area contributed by atoms with Gasteiger partial charge in [0.1, 0.15) is 17.5 Å². The maximum absolute atomic E-state index is 8.69. The fourth-order valence-corrected chi connectivity index (χ4v) is 0.884. The summed E-state index contributed by atoms with van der Waals surface area (Å²) in [6, 6.07) is 3.91. The van der Waals surface area contributed by atoms with Gasteiger partial charge >= 0.3 is 0 Å². The van der Waals surface area contributed by atoms with Gasteiger partial charge in [-0.25, -0.2) is 0 Å². The number of rotatable bonds is 2. The van der Waals surface area contributed by atoms with E-state index in [9.17, 15) is 0 Å². The molecule has 60 valence electrons. The summed E-state index contributed by atoms with van der Waals surface area (Å²) in [5.74, 6) is 0.558. The van der Waals surface area contributed by atoms with Crippen LogP contribution >= 0.6 is 0 Å². The molecule has 0 bridgehead atoms. The Labute approximate surface area is 69.6 Å². The van der Waals surface area contributed by atoms with Crippen molar-refractivity contribution >= 4 is 5.82 Å². The molecule has 0 atom stereocenters. The second-order valence-electron chi connectivity index (χ2n) is 2.12. The summed E-state index contributed by atoms with van der Waals surface area (Å²) in [5.41, 5.74) is 0.906. The number of aromatic amines is 1. The maximum Gasteiger partial charge on any atom is 0.139 e. The largest absolute Gasteiger partial charge is 0.372 e. The number of nitriles is 2. The van der Waals surface area contributed by atoms with Gasteiger partial charge in [0.15, 0.2) is 0 Å². The Morgan fingerprint density at radius 2 is 2.33 bits per heavy atom. The zero-order valence-corrected chi connectivity index (χ0v) is 6.55. The Bertz CT molecular complexity index is 351. The van der Waals surface area contributed by atoms with Crippen LogP contribution in [0.3, 0.4) is 0 Å². The summed E-state index contributed by atoms with van der Waals surface area (Å²) in [7, 11) is 1.69. The Kier molecular flexibility index (Phi) is 2.29. The quantitative estimate of drug-likeness (QED) is 0.656. The summed E-state index contributed by atoms with van der Waals surface area (Å²) in [5, 5.41) is 26.3. The van der Waals surface area contributed by atoms with Crippen LogP contribution in [-0.4, -0.2) is 17.2 Å². The van der Waals surface area contributed by atoms with E-state index in [2.05, 4.69) is 15.5 Å². The molecule has 2 N–H and O–H groups in total. The number of H-pyrrole nitrogens is 1. The van der Waals surface area contributed by atoms with Gasteiger partial charge in [0.25, 0.3) is 0 Å². The molecule has 0 aromatic carbocycles. The molecule has 0 aliphatic rings. The molecular formula is C7H7N5. The fraction of sp³-hybridized carbons (Fsp3) is 0.286. The van der Waals surface area contributed by atoms with Gasteiger partial charge < -0.3 is 5.32 Å². The third-order valence-corrected chi connectivity index (χ3v) is 1.45. The van der Waals surface area contributed by atoms with Crippen LogP contribution in [-0.2, 0) is 6.42 Å². The van der Waals surface area contributed by atoms with Crippen molar-refractivity contribution in [2.24, 2.45) is 0 Å². The molecule has 0 spiro atoms. The molecule has 0 radical (unpaired) electrons. The van der Waals surface area contributed by atoms with Gasteiger partial charge in [-0.05, 0) is 0 Å². The van der Waals surface area contributed by atoms with Crippen molar-refractivity contribution in [2.45, 2.75) is 6.42 Å². The van der Waals surface area contributed by atoms with Gasteiger partial charge in [-0.3, -0.25) is 5.10 Å². The Balaban J connectivity index is 3.09. The summed E-state index contributed by atoms with van der Waals surface area (Å²) in [4.78, 5) is 0. The smallest absolute Gasteiger partial charge is 0.139 e. The monoisotopic (exact) mass is 161 g/mol. The molecule has 0 saturated carbocycles. The van der Waals surface area contributed by atoms with Crippen molar-refractivity contribution < 1.29 is 0 Å². The molecule has 0 aliphatic carbocycles. The molecule has 1 aromatic rings. The molecule has 12 heavy (non-hydrogen) atoms. The van der Waals surface area contributed by atoms with E-state index in [0.717, 1.165) is 0 Å². The molecule has 1 rings (SSSR count). The molecule has 1 aromatic heterocycles. The summed E-state index contributed by atoms with van der Waals surface area (Å²) in [6.45, 7) is 0. The predicted octanol–water partition coefficient (Wildman–Crippen LogP) is 0.389. The minimum atomic E-state index is 0.154. The molecule has 5 nitrogen and oxygen atoms in total. The second kappa shape index (κ2) is 3.40. The third-order valence-electron chi connectivity index (χ3n) is 1.45. The van der Waals surface area contributed by atoms with E-state index in [1.165, 1.54) is 0 Å². The zero-order valence-electron chi connectivity index (χ0n) is 6.55. The minimum Gasteiger partial charge on any atom is -0.372 e. The molecule has 1 heterocycles. The van der Waals surface area contributed by atoms with Gasteiger partial charge in [0.05, 0.1) is 18.2 Å². The van der Waals surface area contributed by atoms with E-state index < -0.39 is 0 Å². The van der Waals surface area contributed by atoms with E-state index in [1.54, 1.807) is 7.05 Å². The molecule has 5 heteroatoms. The van der Waals surface area contributed by atoms with Crippen molar-refractivity contribution in [2.75, 3.05) is 12.4 Å². The average molecular weight is 161 g/mol. The number of aromatic nitrogens is 2. The van der Waals surface area contributed by atoms with Crippen LogP contribution in [0.15, 0.2) is 0 Å². The van der Waals surface area contributed by atoms with Crippen molar-refractivity contribution in [1.29, 1.82) is 10.5 Å². The summed E-state index contributed by atoms with van der Waals surface area (Å²) in [6.07, 6.45) is 0.154. The highest BCUT2D eigenvalue weighted by atomic mass is 15.2. The van der Waals surface area contributed by atoms with Crippen molar-refractivity contribution in [3.63, 3.8) is 0 Å². The molecular weight excluding hydrogens is 154 g/mol. The van der Waals surface area contributed by atoms with Crippen LogP contribution in [0.2, 0.25) is 0 Å². The van der Waals surface area contributed by atoms with Crippen LogP contribution in [0.25, 0.3) is 0 Å². The van der Waals surface area contributed by atoms with Crippen molar-refractivity contribution in [3.05, 3.63) is 11.3 Å². The lowest BCUT2D eigenvalue weighted by atomic mass is 10.2. The summed E-state index contributed by atoms with van der Waals surface area (Å²) < 4.78 is 0. The van der Waals surface area contributed by atoms with Gasteiger partial charge in [-0.2, -0.15) is 15.6 Å². The molecule has 0 fully saturated rings. The van der Waals surface area contributed by atoms with Crippen LogP contribution in [0.5, 0.6) is 0 Å². The lowest BCUT2D eigenvalue weighted by Crippen LogP contribution is -1.91. The Morgan fingerprint density at radius 3 is 2.83 bits per heavy atom. The zero-order chi connectivity index (χ0) is 8.97. The lowest BCUT2D eigenvalue weighted by molar-refractivity contribution is 1.01. The first-order valence-electron chi connectivity index (χ1n) is 3.35. The highest BCUT2D eigenvalue weighted by Gasteiger charge is 2.10. The number of anilines is 1. The van der Waals surface area contributed by atoms with E-state index in [4.69, 9.17) is 10.5 Å². The topological polar surface area (TPSA) is 88.3 Å². The van der Waals surface area contributed by atoms with Crippen LogP contribution in [0, 0.1) is 22.7 Å². The van der Waals surface area contributed by atoms with E-state index in [-0.39, 0.29) is 6.42 Å². The predicted molar refractivity (Wildman–Crippen MR) is 42.2 cm³/mol. The third kappa shape index (κ3) is 1.21. The Morgan fingerprint density at radius 1 is 1.58 bits per heavy atom. The molecule has 0 unspecified atom stereocenters. The normalized spacial score (nSPS) is 8.58. The average Bonchev–Trinajstić information content (AvgIpc) is 2.47. The first kappa shape index (κ1) is 8.09. The minimum absolute atomic E-state index is 0.154. The molecule has 0 aliphatic heterocycles. The van der Waals surface area contributed by atoms with Crippen molar-refractivity contribution in [3.8, 4) is 12.1 Å². The Hall–Kier alpha value is -2.01. The SMILES string of the molecule is CNc1[nH]nc(CC#N)c1C#N. The van der Waals surface area contributed by atoms with Crippen LogP contribution in [0.1, 0.15) is 11.3 Å². The van der Waals surface area contributed by atoms with Crippen LogP contribution in [0.4, 0.5) is 5.82 Å². The van der Waals surface area contributed by atoms with E-state index in [0.29, 0.717) is 17.1 Å². The molecule has 0 amide bonds. The lowest BCUT2D eigenvalue weighted by Gasteiger charge is -1.92. The van der Waals surface area contributed by atoms with Crippen LogP contribution < -0.4 is 5.32 Å². The number of hydrogen-bond donors (Lipinski definition) is 2. The van der Waals surface area contributed by atoms with E-state index in [1.807, 2.05) is 12.1 Å². The van der Waals surface area contributed by atoms with Crippen molar-refractivity contribution in [1.82, 2.24) is 10.2 Å². The highest BCUT2D eigenvalue weighted by Crippen LogP contribution is 2.14. The molecule has 0 saturated heterocycles. The van der Waals surface area contributed by atoms with Gasteiger partial charge in [0.2, 0.25) is 0 Å². The second-order valence-corrected chi connectivity index (χ2v) is 2.12. The van der Waals surface area contributed by atoms with Gasteiger partial charge in [0, 0.05) is 7.05 Å². The first-order chi connectivity index (χ1) is 5.83. The van der Waals surface area contributed by atoms with E-state index >= 15 is 0 Å². The first-order valence-corrected chi connectivity index (χ1v) is 3.35. The summed E-state index contributed by atoms with van der Waals surface area (Å²) >= 11 is 0. The highest BCUT2D eigenvalue weighted by molar-refractivity contribution is 5.54. The van der Waals surface area contributed by atoms with Gasteiger partial charge in [-0.1, -0.05) is 0 Å². The number of nitrogens with zero attached hydrogens (tertiary/aromatic N) is 3. The number of nitrogens with one attached hydrogen (secondary N) is 2.